The molecule has 1 fully saturated rings. The van der Waals surface area contributed by atoms with Crippen molar-refractivity contribution in [2.24, 2.45) is 0 Å². The molecule has 2 heterocycles. The monoisotopic (exact) mass is 329 g/mol. The van der Waals surface area contributed by atoms with Crippen molar-refractivity contribution in [3.8, 4) is 0 Å². The van der Waals surface area contributed by atoms with E-state index in [-0.39, 0.29) is 5.54 Å². The molecule has 5 heteroatoms. The lowest BCUT2D eigenvalue weighted by Crippen LogP contribution is -2.48. The predicted molar refractivity (Wildman–Crippen MR) is 87.7 cm³/mol. The fraction of sp³-hybridized carbons (Fsp3) is 0.333. The average Bonchev–Trinajstić information content (AvgIpc) is 2.93. The van der Waals surface area contributed by atoms with E-state index in [1.54, 1.807) is 12.1 Å². The van der Waals surface area contributed by atoms with Gasteiger partial charge in [-0.3, -0.25) is 5.32 Å². The first-order valence-corrected chi connectivity index (χ1v) is 9.23. The van der Waals surface area contributed by atoms with Crippen LogP contribution in [-0.4, -0.2) is 20.6 Å². The van der Waals surface area contributed by atoms with Gasteiger partial charge in [0.15, 0.2) is 15.6 Å². The molecule has 1 spiro atoms. The Morgan fingerprint density at radius 3 is 2.35 bits per heavy atom. The highest BCUT2D eigenvalue weighted by Crippen LogP contribution is 2.55. The number of hydrogen-bond donors (Lipinski definition) is 1. The smallest absolute Gasteiger partial charge is 0.190 e. The first-order chi connectivity index (χ1) is 10.9. The van der Waals surface area contributed by atoms with Crippen LogP contribution in [0.3, 0.4) is 0 Å². The van der Waals surface area contributed by atoms with E-state index >= 15 is 0 Å². The summed E-state index contributed by atoms with van der Waals surface area (Å²) in [5, 5.41) is 2.68. The summed E-state index contributed by atoms with van der Waals surface area (Å²) in [5.41, 5.74) is 0.133. The molecule has 1 unspecified atom stereocenters. The van der Waals surface area contributed by atoms with E-state index in [1.165, 1.54) is 0 Å². The third-order valence-corrected chi connectivity index (χ3v) is 6.75. The van der Waals surface area contributed by atoms with E-state index in [0.29, 0.717) is 17.1 Å². The third kappa shape index (κ3) is 2.00. The van der Waals surface area contributed by atoms with Crippen molar-refractivity contribution >= 4 is 9.84 Å². The van der Waals surface area contributed by atoms with E-state index in [2.05, 4.69) is 5.32 Å². The van der Waals surface area contributed by atoms with Crippen molar-refractivity contribution in [1.82, 2.24) is 5.32 Å². The lowest BCUT2D eigenvalue weighted by molar-refractivity contribution is -0.0167. The van der Waals surface area contributed by atoms with Crippen LogP contribution >= 0.6 is 0 Å². The molecule has 1 N–H and O–H groups in total. The fourth-order valence-electron chi connectivity index (χ4n) is 3.71. The molecule has 4 nitrogen and oxygen atoms in total. The number of sulfone groups is 1. The number of rotatable bonds is 1. The van der Waals surface area contributed by atoms with Crippen LogP contribution in [0.5, 0.6) is 0 Å². The lowest BCUT2D eigenvalue weighted by atomic mass is 9.93. The average molecular weight is 329 g/mol. The maximum absolute atomic E-state index is 13.2. The molecule has 2 aromatic rings. The zero-order valence-corrected chi connectivity index (χ0v) is 13.9. The Bertz CT molecular complexity index is 861. The summed E-state index contributed by atoms with van der Waals surface area (Å²) in [7, 11) is -3.53. The lowest BCUT2D eigenvalue weighted by Gasteiger charge is -2.32. The maximum Gasteiger partial charge on any atom is 0.190 e. The minimum atomic E-state index is -3.53. The highest BCUT2D eigenvalue weighted by atomic mass is 32.2. The second-order valence-corrected chi connectivity index (χ2v) is 8.87. The van der Waals surface area contributed by atoms with Gasteiger partial charge in [-0.2, -0.15) is 0 Å². The fourth-order valence-corrected chi connectivity index (χ4v) is 5.96. The van der Waals surface area contributed by atoms with Gasteiger partial charge in [-0.15, -0.1) is 0 Å². The summed E-state index contributed by atoms with van der Waals surface area (Å²) in [6, 6.07) is 16.5. The topological polar surface area (TPSA) is 55.4 Å². The Morgan fingerprint density at radius 2 is 1.70 bits per heavy atom. The van der Waals surface area contributed by atoms with Gasteiger partial charge >= 0.3 is 0 Å². The van der Waals surface area contributed by atoms with Gasteiger partial charge in [-0.05, 0) is 25.5 Å². The molecule has 120 valence electrons. The molecule has 2 atom stereocenters. The van der Waals surface area contributed by atoms with Gasteiger partial charge < -0.3 is 4.74 Å². The van der Waals surface area contributed by atoms with Crippen LogP contribution in [-0.2, 0) is 20.3 Å². The summed E-state index contributed by atoms with van der Waals surface area (Å²) in [6.45, 7) is 4.51. The van der Waals surface area contributed by atoms with E-state index in [0.717, 1.165) is 5.56 Å². The van der Waals surface area contributed by atoms with Crippen LogP contribution in [0.1, 0.15) is 30.2 Å². The first kappa shape index (κ1) is 14.9. The molecule has 0 saturated carbocycles. The standard InChI is InChI=1S/C18H19NO3S/c1-17(2)12-22-18(19-17)14-10-6-7-11-15(14)23(20,21)16(18)13-8-4-3-5-9-13/h3-11,16,19H,12H2,1-2H3/t16?,18-/m1/s1. The summed E-state index contributed by atoms with van der Waals surface area (Å²) in [5.74, 6) is 0. The molecular weight excluding hydrogens is 310 g/mol. The Kier molecular flexibility index (Phi) is 3.01. The molecule has 0 radical (unpaired) electrons. The maximum atomic E-state index is 13.2. The zero-order valence-electron chi connectivity index (χ0n) is 13.1. The second-order valence-electron chi connectivity index (χ2n) is 6.87. The number of fused-ring (bicyclic) bond motifs is 2. The number of hydrogen-bond acceptors (Lipinski definition) is 4. The third-order valence-electron chi connectivity index (χ3n) is 4.56. The quantitative estimate of drug-likeness (QED) is 0.874. The largest absolute Gasteiger partial charge is 0.353 e. The Hall–Kier alpha value is -1.69. The SMILES string of the molecule is CC1(C)CO[C@]2(N1)c1ccccc1S(=O)(=O)C2c1ccccc1. The van der Waals surface area contributed by atoms with E-state index in [1.807, 2.05) is 56.3 Å². The number of nitrogens with one attached hydrogen (secondary N) is 1. The Labute approximate surface area is 136 Å². The second kappa shape index (κ2) is 4.66. The van der Waals surface area contributed by atoms with Crippen molar-refractivity contribution in [1.29, 1.82) is 0 Å². The number of ether oxygens (including phenoxy) is 1. The number of benzene rings is 2. The molecular formula is C18H19NO3S. The molecule has 0 aliphatic carbocycles. The molecule has 0 amide bonds. The van der Waals surface area contributed by atoms with Gasteiger partial charge in [0.05, 0.1) is 11.5 Å². The molecule has 4 rings (SSSR count). The van der Waals surface area contributed by atoms with Crippen molar-refractivity contribution in [3.05, 3.63) is 65.7 Å². The first-order valence-electron chi connectivity index (χ1n) is 7.68. The van der Waals surface area contributed by atoms with Gasteiger partial charge in [0, 0.05) is 11.1 Å². The van der Waals surface area contributed by atoms with E-state index in [9.17, 15) is 8.42 Å². The Morgan fingerprint density at radius 1 is 1.04 bits per heavy atom. The normalized spacial score (nSPS) is 30.4. The van der Waals surface area contributed by atoms with Gasteiger partial charge in [-0.25, -0.2) is 8.42 Å². The van der Waals surface area contributed by atoms with Gasteiger partial charge in [0.25, 0.3) is 0 Å². The highest BCUT2D eigenvalue weighted by molar-refractivity contribution is 7.92. The van der Waals surface area contributed by atoms with Crippen LogP contribution in [0.2, 0.25) is 0 Å². The predicted octanol–water partition coefficient (Wildman–Crippen LogP) is 2.77. The summed E-state index contributed by atoms with van der Waals surface area (Å²) in [4.78, 5) is 0.360. The van der Waals surface area contributed by atoms with E-state index in [4.69, 9.17) is 4.74 Å². The van der Waals surface area contributed by atoms with Crippen molar-refractivity contribution in [3.63, 3.8) is 0 Å². The van der Waals surface area contributed by atoms with Gasteiger partial charge in [0.1, 0.15) is 5.25 Å². The van der Waals surface area contributed by atoms with Crippen molar-refractivity contribution in [2.75, 3.05) is 6.61 Å². The highest BCUT2D eigenvalue weighted by Gasteiger charge is 2.62. The minimum absolute atomic E-state index is 0.292. The van der Waals surface area contributed by atoms with Crippen LogP contribution in [0.15, 0.2) is 59.5 Å². The summed E-state index contributed by atoms with van der Waals surface area (Å²) in [6.07, 6.45) is 0. The Balaban J connectivity index is 2.01. The molecule has 2 aromatic carbocycles. The van der Waals surface area contributed by atoms with Crippen LogP contribution < -0.4 is 5.32 Å². The van der Waals surface area contributed by atoms with Gasteiger partial charge in [0.2, 0.25) is 0 Å². The van der Waals surface area contributed by atoms with Crippen LogP contribution in [0.4, 0.5) is 0 Å². The van der Waals surface area contributed by atoms with Crippen LogP contribution in [0.25, 0.3) is 0 Å². The minimum Gasteiger partial charge on any atom is -0.353 e. The van der Waals surface area contributed by atoms with Gasteiger partial charge in [-0.1, -0.05) is 48.5 Å². The molecule has 0 aromatic heterocycles. The molecule has 23 heavy (non-hydrogen) atoms. The van der Waals surface area contributed by atoms with Crippen molar-refractivity contribution in [2.45, 2.75) is 35.3 Å². The zero-order chi connectivity index (χ0) is 16.3. The molecule has 1 saturated heterocycles. The molecule has 2 aliphatic heterocycles. The molecule has 2 aliphatic rings. The molecule has 0 bridgehead atoms. The summed E-state index contributed by atoms with van der Waals surface area (Å²) >= 11 is 0. The van der Waals surface area contributed by atoms with E-state index < -0.39 is 20.8 Å². The summed E-state index contributed by atoms with van der Waals surface area (Å²) < 4.78 is 32.6. The van der Waals surface area contributed by atoms with Crippen LogP contribution in [0, 0.1) is 0 Å². The van der Waals surface area contributed by atoms with Crippen molar-refractivity contribution < 1.29 is 13.2 Å².